The summed E-state index contributed by atoms with van der Waals surface area (Å²) in [6.45, 7) is 1.19. The number of aromatic nitrogens is 1. The molecule has 4 heterocycles. The van der Waals surface area contributed by atoms with Gasteiger partial charge in [0, 0.05) is 23.8 Å². The summed E-state index contributed by atoms with van der Waals surface area (Å²) < 4.78 is 11.4. The Morgan fingerprint density at radius 3 is 2.79 bits per heavy atom. The van der Waals surface area contributed by atoms with E-state index in [0.717, 1.165) is 12.0 Å². The molecule has 2 fully saturated rings. The lowest BCUT2D eigenvalue weighted by molar-refractivity contribution is -0.133. The first-order valence-electron chi connectivity index (χ1n) is 10.6. The summed E-state index contributed by atoms with van der Waals surface area (Å²) in [5.74, 6) is -0.0845. The molecule has 0 aliphatic carbocycles. The van der Waals surface area contributed by atoms with Gasteiger partial charge in [-0.05, 0) is 40.6 Å². The van der Waals surface area contributed by atoms with Gasteiger partial charge < -0.3 is 14.8 Å². The van der Waals surface area contributed by atoms with Crippen LogP contribution in [0.15, 0.2) is 64.2 Å². The number of ketones is 1. The summed E-state index contributed by atoms with van der Waals surface area (Å²) >= 11 is 8.94. The van der Waals surface area contributed by atoms with Crippen molar-refractivity contribution in [2.75, 3.05) is 13.2 Å². The minimum Gasteiger partial charge on any atom is -0.472 e. The first-order valence-corrected chi connectivity index (χ1v) is 12.8. The number of hydrogen-bond acceptors (Lipinski definition) is 7. The lowest BCUT2D eigenvalue weighted by Gasteiger charge is -2.39. The molecule has 0 spiro atoms. The predicted octanol–water partition coefficient (Wildman–Crippen LogP) is 4.46. The van der Waals surface area contributed by atoms with Gasteiger partial charge in [0.2, 0.25) is 11.8 Å². The van der Waals surface area contributed by atoms with Crippen LogP contribution in [-0.2, 0) is 19.9 Å². The lowest BCUT2D eigenvalue weighted by atomic mass is 9.79. The van der Waals surface area contributed by atoms with Gasteiger partial charge in [-0.2, -0.15) is 11.3 Å². The van der Waals surface area contributed by atoms with E-state index in [1.54, 1.807) is 12.1 Å². The highest BCUT2D eigenvalue weighted by atomic mass is 35.5. The number of nitrogens with zero attached hydrogens (tertiary/aromatic N) is 1. The maximum Gasteiger partial charge on any atom is 0.242 e. The van der Waals surface area contributed by atoms with E-state index in [9.17, 15) is 9.59 Å². The zero-order valence-corrected chi connectivity index (χ0v) is 19.9. The second-order valence-corrected chi connectivity index (χ2v) is 10.3. The molecule has 6 nitrogen and oxygen atoms in total. The maximum atomic E-state index is 13.4. The third kappa shape index (κ3) is 4.53. The van der Waals surface area contributed by atoms with Gasteiger partial charge in [-0.3, -0.25) is 9.59 Å². The molecule has 9 heteroatoms. The molecule has 1 amide bonds. The van der Waals surface area contributed by atoms with Crippen LogP contribution in [0.25, 0.3) is 0 Å². The molecule has 33 heavy (non-hydrogen) atoms. The zero-order valence-electron chi connectivity index (χ0n) is 17.5. The number of thioether (sulfide) groups is 1. The minimum atomic E-state index is -1.06. The van der Waals surface area contributed by atoms with E-state index in [1.807, 2.05) is 47.2 Å². The van der Waals surface area contributed by atoms with Crippen LogP contribution in [0.1, 0.15) is 24.1 Å². The fourth-order valence-electron chi connectivity index (χ4n) is 4.09. The maximum absolute atomic E-state index is 13.4. The van der Waals surface area contributed by atoms with Crippen molar-refractivity contribution in [2.24, 2.45) is 0 Å². The summed E-state index contributed by atoms with van der Waals surface area (Å²) in [4.78, 5) is 32.1. The molecule has 3 aromatic rings. The fourth-order valence-corrected chi connectivity index (χ4v) is 6.06. The average Bonchev–Trinajstić information content (AvgIpc) is 3.52. The Kier molecular flexibility index (Phi) is 6.42. The second-order valence-electron chi connectivity index (χ2n) is 7.94. The molecule has 2 aliphatic heterocycles. The first kappa shape index (κ1) is 22.4. The van der Waals surface area contributed by atoms with Gasteiger partial charge in [-0.25, -0.2) is 4.98 Å². The summed E-state index contributed by atoms with van der Waals surface area (Å²) in [5.41, 5.74) is 0.335. The predicted molar refractivity (Wildman–Crippen MR) is 128 cm³/mol. The number of pyridine rings is 1. The van der Waals surface area contributed by atoms with E-state index in [0.29, 0.717) is 34.7 Å². The quantitative estimate of drug-likeness (QED) is 0.504. The topological polar surface area (TPSA) is 77.5 Å². The molecule has 1 N–H and O–H groups in total. The Hall–Kier alpha value is -2.39. The smallest absolute Gasteiger partial charge is 0.242 e. The van der Waals surface area contributed by atoms with Gasteiger partial charge in [-0.15, -0.1) is 11.8 Å². The molecule has 170 valence electrons. The summed E-state index contributed by atoms with van der Waals surface area (Å²) in [7, 11) is 0. The molecule has 0 bridgehead atoms. The Bertz CT molecular complexity index is 1150. The van der Waals surface area contributed by atoms with Crippen LogP contribution in [0.2, 0.25) is 5.02 Å². The van der Waals surface area contributed by atoms with E-state index < -0.39 is 10.8 Å². The van der Waals surface area contributed by atoms with E-state index >= 15 is 0 Å². The van der Waals surface area contributed by atoms with Gasteiger partial charge >= 0.3 is 0 Å². The van der Waals surface area contributed by atoms with Gasteiger partial charge in [0.1, 0.15) is 16.9 Å². The number of halogens is 1. The zero-order chi connectivity index (χ0) is 22.8. The highest BCUT2D eigenvalue weighted by Crippen LogP contribution is 2.41. The highest BCUT2D eigenvalue weighted by molar-refractivity contribution is 8.01. The van der Waals surface area contributed by atoms with Crippen LogP contribution in [-0.4, -0.2) is 41.2 Å². The molecular formula is C24H21ClN2O4S2. The van der Waals surface area contributed by atoms with E-state index in [4.69, 9.17) is 26.1 Å². The van der Waals surface area contributed by atoms with Gasteiger partial charge in [0.05, 0.1) is 23.9 Å². The molecule has 5 rings (SSSR count). The molecule has 1 aromatic carbocycles. The van der Waals surface area contributed by atoms with Crippen molar-refractivity contribution >= 4 is 46.4 Å². The van der Waals surface area contributed by atoms with Crippen molar-refractivity contribution in [3.05, 3.63) is 75.6 Å². The summed E-state index contributed by atoms with van der Waals surface area (Å²) in [5, 5.41) is 6.63. The molecule has 2 aliphatic rings. The fraction of sp³-hybridized carbons (Fsp3) is 0.292. The number of ether oxygens (including phenoxy) is 2. The SMILES string of the molecule is O=C1CC(c2ccsc2)(c2cccc(OC3CCOC3)n2)NC(=O)C1Sc1ccccc1Cl. The summed E-state index contributed by atoms with van der Waals surface area (Å²) in [6.07, 6.45) is 0.835. The Morgan fingerprint density at radius 2 is 2.06 bits per heavy atom. The monoisotopic (exact) mass is 500 g/mol. The summed E-state index contributed by atoms with van der Waals surface area (Å²) in [6, 6.07) is 14.6. The molecule has 3 atom stereocenters. The number of nitrogens with one attached hydrogen (secondary N) is 1. The van der Waals surface area contributed by atoms with Crippen molar-refractivity contribution in [3.63, 3.8) is 0 Å². The largest absolute Gasteiger partial charge is 0.472 e. The molecular weight excluding hydrogens is 480 g/mol. The van der Waals surface area contributed by atoms with Gasteiger partial charge in [0.25, 0.3) is 0 Å². The van der Waals surface area contributed by atoms with Crippen molar-refractivity contribution in [3.8, 4) is 5.88 Å². The normalized spacial score (nSPS) is 25.1. The number of Topliss-reactive ketones (excluding diaryl/α,β-unsaturated/α-hetero) is 1. The Morgan fingerprint density at radius 1 is 1.18 bits per heavy atom. The standard InChI is InChI=1S/C24H21ClN2O4S2/c25-17-4-1-2-5-19(17)33-22-18(28)12-24(27-23(22)29,15-9-11-32-14-15)20-6-3-7-21(26-20)31-16-8-10-30-13-16/h1-7,9,11,14,16,22H,8,10,12-13H2,(H,27,29). The number of benzene rings is 1. The number of piperidine rings is 1. The Labute approximate surface area is 204 Å². The van der Waals surface area contributed by atoms with Crippen LogP contribution < -0.4 is 10.1 Å². The number of carbonyl (C=O) groups is 2. The Balaban J connectivity index is 1.46. The minimum absolute atomic E-state index is 0.0520. The van der Waals surface area contributed by atoms with E-state index in [-0.39, 0.29) is 24.2 Å². The first-order chi connectivity index (χ1) is 16.0. The number of hydrogen-bond donors (Lipinski definition) is 1. The number of thiophene rings is 1. The molecule has 0 radical (unpaired) electrons. The number of amides is 1. The van der Waals surface area contributed by atoms with Crippen LogP contribution >= 0.6 is 34.7 Å². The van der Waals surface area contributed by atoms with Gasteiger partial charge in [0.15, 0.2) is 5.78 Å². The van der Waals surface area contributed by atoms with E-state index in [2.05, 4.69) is 5.32 Å². The van der Waals surface area contributed by atoms with Crippen LogP contribution in [0.3, 0.4) is 0 Å². The number of rotatable bonds is 6. The molecule has 0 saturated carbocycles. The van der Waals surface area contributed by atoms with Crippen molar-refractivity contribution in [1.29, 1.82) is 0 Å². The van der Waals surface area contributed by atoms with Crippen LogP contribution in [0.4, 0.5) is 0 Å². The highest BCUT2D eigenvalue weighted by Gasteiger charge is 2.48. The average molecular weight is 501 g/mol. The molecule has 3 unspecified atom stereocenters. The van der Waals surface area contributed by atoms with Crippen LogP contribution in [0.5, 0.6) is 5.88 Å². The van der Waals surface area contributed by atoms with E-state index in [1.165, 1.54) is 23.1 Å². The molecule has 2 aromatic heterocycles. The van der Waals surface area contributed by atoms with Crippen LogP contribution in [0, 0.1) is 0 Å². The second kappa shape index (κ2) is 9.46. The lowest BCUT2D eigenvalue weighted by Crippen LogP contribution is -2.58. The molecule has 2 saturated heterocycles. The van der Waals surface area contributed by atoms with Crippen molar-refractivity contribution in [2.45, 2.75) is 34.6 Å². The third-order valence-corrected chi connectivity index (χ3v) is 8.19. The number of carbonyl (C=O) groups excluding carboxylic acids is 2. The third-order valence-electron chi connectivity index (χ3n) is 5.74. The van der Waals surface area contributed by atoms with Crippen molar-refractivity contribution in [1.82, 2.24) is 10.3 Å². The van der Waals surface area contributed by atoms with Gasteiger partial charge in [-0.1, -0.05) is 29.8 Å². The van der Waals surface area contributed by atoms with Crippen molar-refractivity contribution < 1.29 is 19.1 Å².